The molecule has 0 spiro atoms. The minimum atomic E-state index is -0.950. The van der Waals surface area contributed by atoms with Crippen LogP contribution in [0.2, 0.25) is 0 Å². The minimum absolute atomic E-state index is 0.0615. The molecule has 5 heteroatoms. The Labute approximate surface area is 151 Å². The Hall–Kier alpha value is -1.85. The maximum Gasteiger partial charge on any atom is 0.166 e. The smallest absolute Gasteiger partial charge is 0.166 e. The lowest BCUT2D eigenvalue weighted by atomic mass is 9.91. The van der Waals surface area contributed by atoms with Gasteiger partial charge in [-0.05, 0) is 48.9 Å². The molecular formula is C21H23F3O2. The molecule has 0 bridgehead atoms. The number of ether oxygens (including phenoxy) is 2. The molecule has 2 unspecified atom stereocenters. The van der Waals surface area contributed by atoms with Gasteiger partial charge in [-0.2, -0.15) is 0 Å². The first-order valence-electron chi connectivity index (χ1n) is 8.98. The van der Waals surface area contributed by atoms with Crippen LogP contribution in [0.3, 0.4) is 0 Å². The zero-order valence-electron chi connectivity index (χ0n) is 15.0. The van der Waals surface area contributed by atoms with Crippen molar-refractivity contribution < 1.29 is 22.6 Å². The van der Waals surface area contributed by atoms with Gasteiger partial charge in [-0.25, -0.2) is 13.2 Å². The molecule has 1 heterocycles. The van der Waals surface area contributed by atoms with E-state index in [1.807, 2.05) is 6.92 Å². The van der Waals surface area contributed by atoms with Gasteiger partial charge in [0.2, 0.25) is 0 Å². The highest BCUT2D eigenvalue weighted by Crippen LogP contribution is 2.33. The van der Waals surface area contributed by atoms with Crippen LogP contribution in [0.25, 0.3) is 11.1 Å². The summed E-state index contributed by atoms with van der Waals surface area (Å²) < 4.78 is 53.8. The number of aryl methyl sites for hydroxylation is 1. The van der Waals surface area contributed by atoms with E-state index in [0.29, 0.717) is 30.8 Å². The number of hydrogen-bond acceptors (Lipinski definition) is 2. The fraction of sp³-hybridized carbons (Fsp3) is 0.429. The lowest BCUT2D eigenvalue weighted by Gasteiger charge is -2.29. The first-order chi connectivity index (χ1) is 12.5. The van der Waals surface area contributed by atoms with Crippen molar-refractivity contribution in [1.82, 2.24) is 0 Å². The van der Waals surface area contributed by atoms with Crippen LogP contribution in [0.5, 0.6) is 0 Å². The van der Waals surface area contributed by atoms with Gasteiger partial charge in [-0.3, -0.25) is 0 Å². The largest absolute Gasteiger partial charge is 0.353 e. The summed E-state index contributed by atoms with van der Waals surface area (Å²) in [6, 6.07) is 7.50. The number of benzene rings is 2. The van der Waals surface area contributed by atoms with E-state index in [0.717, 1.165) is 12.8 Å². The maximum atomic E-state index is 14.6. The van der Waals surface area contributed by atoms with Crippen molar-refractivity contribution in [2.75, 3.05) is 13.2 Å². The van der Waals surface area contributed by atoms with E-state index in [1.54, 1.807) is 12.1 Å². The molecule has 0 aliphatic carbocycles. The third-order valence-corrected chi connectivity index (χ3v) is 4.77. The summed E-state index contributed by atoms with van der Waals surface area (Å²) in [7, 11) is 0. The van der Waals surface area contributed by atoms with Crippen LogP contribution in [0, 0.1) is 24.4 Å². The zero-order valence-corrected chi connectivity index (χ0v) is 15.0. The van der Waals surface area contributed by atoms with Gasteiger partial charge in [0.05, 0.1) is 6.61 Å². The summed E-state index contributed by atoms with van der Waals surface area (Å²) in [6.07, 6.45) is 2.18. The van der Waals surface area contributed by atoms with Gasteiger partial charge in [0, 0.05) is 18.1 Å². The van der Waals surface area contributed by atoms with Crippen LogP contribution in [0.15, 0.2) is 30.3 Å². The molecule has 2 aromatic carbocycles. The van der Waals surface area contributed by atoms with Gasteiger partial charge in [0.1, 0.15) is 5.82 Å². The molecule has 2 nitrogen and oxygen atoms in total. The number of rotatable bonds is 5. The van der Waals surface area contributed by atoms with E-state index in [2.05, 4.69) is 0 Å². The molecule has 0 amide bonds. The summed E-state index contributed by atoms with van der Waals surface area (Å²) in [4.78, 5) is 0. The number of halogens is 3. The van der Waals surface area contributed by atoms with Crippen molar-refractivity contribution in [3.63, 3.8) is 0 Å². The topological polar surface area (TPSA) is 18.5 Å². The summed E-state index contributed by atoms with van der Waals surface area (Å²) in [6.45, 7) is 4.56. The first-order valence-corrected chi connectivity index (χ1v) is 8.98. The lowest BCUT2D eigenvalue weighted by molar-refractivity contribution is -0.167. The van der Waals surface area contributed by atoms with E-state index in [9.17, 15) is 13.2 Å². The summed E-state index contributed by atoms with van der Waals surface area (Å²) in [5, 5.41) is 0. The fourth-order valence-electron chi connectivity index (χ4n) is 3.25. The van der Waals surface area contributed by atoms with Gasteiger partial charge in [-0.15, -0.1) is 0 Å². The van der Waals surface area contributed by atoms with E-state index >= 15 is 0 Å². The Balaban J connectivity index is 1.76. The molecule has 1 aliphatic heterocycles. The normalized spacial score (nSPS) is 20.3. The van der Waals surface area contributed by atoms with Crippen LogP contribution in [0.4, 0.5) is 13.2 Å². The second-order valence-electron chi connectivity index (χ2n) is 6.70. The summed E-state index contributed by atoms with van der Waals surface area (Å²) in [5.74, 6) is -2.34. The molecule has 1 fully saturated rings. The number of hydrogen-bond donors (Lipinski definition) is 0. The van der Waals surface area contributed by atoms with Crippen LogP contribution < -0.4 is 0 Å². The molecular weight excluding hydrogens is 341 g/mol. The second kappa shape index (κ2) is 8.23. The van der Waals surface area contributed by atoms with Crippen molar-refractivity contribution in [1.29, 1.82) is 0 Å². The van der Waals surface area contributed by atoms with Crippen molar-refractivity contribution in [3.8, 4) is 11.1 Å². The van der Waals surface area contributed by atoms with Crippen LogP contribution in [-0.4, -0.2) is 19.5 Å². The Morgan fingerprint density at radius 3 is 2.54 bits per heavy atom. The highest BCUT2D eigenvalue weighted by atomic mass is 19.2. The van der Waals surface area contributed by atoms with E-state index in [1.165, 1.54) is 25.1 Å². The molecule has 26 heavy (non-hydrogen) atoms. The predicted octanol–water partition coefficient (Wildman–Crippen LogP) is 5.73. The SMILES string of the molecule is CCCOC1CCC(c2ccc(-c3ccc(C)c(F)c3F)cc2F)CO1. The molecule has 0 N–H and O–H groups in total. The third kappa shape index (κ3) is 3.94. The molecule has 0 radical (unpaired) electrons. The molecule has 3 rings (SSSR count). The predicted molar refractivity (Wildman–Crippen MR) is 94.4 cm³/mol. The molecule has 0 aromatic heterocycles. The van der Waals surface area contributed by atoms with Gasteiger partial charge in [0.25, 0.3) is 0 Å². The average Bonchev–Trinajstić information content (AvgIpc) is 2.65. The average molecular weight is 364 g/mol. The van der Waals surface area contributed by atoms with Crippen LogP contribution >= 0.6 is 0 Å². The van der Waals surface area contributed by atoms with Gasteiger partial charge >= 0.3 is 0 Å². The molecule has 2 atom stereocenters. The fourth-order valence-corrected chi connectivity index (χ4v) is 3.25. The van der Waals surface area contributed by atoms with Gasteiger partial charge in [-0.1, -0.05) is 31.2 Å². The Kier molecular flexibility index (Phi) is 5.99. The van der Waals surface area contributed by atoms with Crippen molar-refractivity contribution >= 4 is 0 Å². The molecule has 1 saturated heterocycles. The monoisotopic (exact) mass is 364 g/mol. The van der Waals surface area contributed by atoms with E-state index in [-0.39, 0.29) is 23.3 Å². The standard InChI is InChI=1S/C21H23F3O2/c1-3-10-25-19-9-6-15(12-26-19)16-8-5-14(11-18(16)22)17-7-4-13(2)20(23)21(17)24/h4-5,7-8,11,15,19H,3,6,9-10,12H2,1-2H3. The highest BCUT2D eigenvalue weighted by molar-refractivity contribution is 5.65. The van der Waals surface area contributed by atoms with Crippen molar-refractivity contribution in [2.45, 2.75) is 45.3 Å². The Morgan fingerprint density at radius 1 is 1.08 bits per heavy atom. The molecule has 2 aromatic rings. The minimum Gasteiger partial charge on any atom is -0.353 e. The first kappa shape index (κ1) is 18.9. The zero-order chi connectivity index (χ0) is 18.7. The van der Waals surface area contributed by atoms with Gasteiger partial charge < -0.3 is 9.47 Å². The van der Waals surface area contributed by atoms with Crippen LogP contribution in [-0.2, 0) is 9.47 Å². The lowest BCUT2D eigenvalue weighted by Crippen LogP contribution is -2.27. The van der Waals surface area contributed by atoms with Gasteiger partial charge in [0.15, 0.2) is 17.9 Å². The van der Waals surface area contributed by atoms with Crippen molar-refractivity contribution in [3.05, 3.63) is 58.9 Å². The molecule has 1 aliphatic rings. The molecule has 140 valence electrons. The van der Waals surface area contributed by atoms with E-state index < -0.39 is 17.5 Å². The third-order valence-electron chi connectivity index (χ3n) is 4.77. The Morgan fingerprint density at radius 2 is 1.88 bits per heavy atom. The highest BCUT2D eigenvalue weighted by Gasteiger charge is 2.25. The second-order valence-corrected chi connectivity index (χ2v) is 6.70. The Bertz CT molecular complexity index is 768. The van der Waals surface area contributed by atoms with Crippen LogP contribution in [0.1, 0.15) is 43.2 Å². The van der Waals surface area contributed by atoms with E-state index in [4.69, 9.17) is 9.47 Å². The van der Waals surface area contributed by atoms with Crippen molar-refractivity contribution in [2.24, 2.45) is 0 Å². The summed E-state index contributed by atoms with van der Waals surface area (Å²) >= 11 is 0. The molecule has 0 saturated carbocycles. The maximum absolute atomic E-state index is 14.6. The summed E-state index contributed by atoms with van der Waals surface area (Å²) in [5.41, 5.74) is 1.15. The quantitative estimate of drug-likeness (QED) is 0.675.